The third-order valence-electron chi connectivity index (χ3n) is 2.67. The van der Waals surface area contributed by atoms with E-state index in [9.17, 15) is 0 Å². The van der Waals surface area contributed by atoms with Crippen molar-refractivity contribution >= 4 is 46.4 Å². The molecule has 0 saturated heterocycles. The minimum atomic E-state index is 0.272. The molecule has 96 valence electrons. The maximum absolute atomic E-state index is 8.68. The van der Waals surface area contributed by atoms with Crippen LogP contribution in [0.5, 0.6) is 0 Å². The van der Waals surface area contributed by atoms with Gasteiger partial charge in [-0.1, -0.05) is 64.6 Å². The first-order valence-electron chi connectivity index (χ1n) is 5.34. The second kappa shape index (κ2) is 6.03. The molecule has 5 heteroatoms. The minimum Gasteiger partial charge on any atom is -0.198 e. The molecule has 19 heavy (non-hydrogen) atoms. The van der Waals surface area contributed by atoms with Crippen LogP contribution in [0.25, 0.3) is 11.1 Å². The number of rotatable bonds is 2. The van der Waals surface area contributed by atoms with E-state index in [4.69, 9.17) is 51.7 Å². The Balaban J connectivity index is 2.52. The highest BCUT2D eigenvalue weighted by Gasteiger charge is 2.11. The molecule has 0 radical (unpaired) electrons. The first kappa shape index (κ1) is 14.5. The van der Waals surface area contributed by atoms with Gasteiger partial charge >= 0.3 is 0 Å². The van der Waals surface area contributed by atoms with Crippen molar-refractivity contribution in [3.05, 3.63) is 56.0 Å². The van der Waals surface area contributed by atoms with E-state index >= 15 is 0 Å². The second-order valence-electron chi connectivity index (χ2n) is 3.86. The van der Waals surface area contributed by atoms with Crippen molar-refractivity contribution in [1.82, 2.24) is 0 Å². The van der Waals surface area contributed by atoms with E-state index in [2.05, 4.69) is 6.07 Å². The molecule has 0 spiro atoms. The molecule has 0 bridgehead atoms. The zero-order valence-electron chi connectivity index (χ0n) is 9.55. The maximum Gasteiger partial charge on any atom is 0.0784 e. The van der Waals surface area contributed by atoms with Crippen LogP contribution < -0.4 is 0 Å². The van der Waals surface area contributed by atoms with E-state index in [0.717, 1.165) is 16.7 Å². The van der Waals surface area contributed by atoms with Crippen LogP contribution in [0.1, 0.15) is 5.56 Å². The lowest BCUT2D eigenvalue weighted by Gasteiger charge is -2.09. The summed E-state index contributed by atoms with van der Waals surface area (Å²) in [6, 6.07) is 10.9. The van der Waals surface area contributed by atoms with Crippen LogP contribution in [0.4, 0.5) is 0 Å². The molecule has 2 aromatic rings. The van der Waals surface area contributed by atoms with Crippen molar-refractivity contribution in [3.63, 3.8) is 0 Å². The first-order valence-corrected chi connectivity index (χ1v) is 6.85. The summed E-state index contributed by atoms with van der Waals surface area (Å²) in [4.78, 5) is 0. The van der Waals surface area contributed by atoms with Gasteiger partial charge in [-0.3, -0.25) is 0 Å². The highest BCUT2D eigenvalue weighted by atomic mass is 35.5. The quantitative estimate of drug-likeness (QED) is 0.616. The van der Waals surface area contributed by atoms with Crippen molar-refractivity contribution in [3.8, 4) is 17.2 Å². The average molecular weight is 331 g/mol. The summed E-state index contributed by atoms with van der Waals surface area (Å²) in [6.45, 7) is 0. The fraction of sp³-hybridized carbons (Fsp3) is 0.0714. The van der Waals surface area contributed by atoms with Crippen LogP contribution in [0.2, 0.25) is 20.1 Å². The van der Waals surface area contributed by atoms with E-state index < -0.39 is 0 Å². The van der Waals surface area contributed by atoms with Crippen LogP contribution in [0, 0.1) is 11.3 Å². The number of nitrogens with zero attached hydrogens (tertiary/aromatic N) is 1. The van der Waals surface area contributed by atoms with Crippen molar-refractivity contribution in [2.24, 2.45) is 0 Å². The predicted octanol–water partition coefficient (Wildman–Crippen LogP) is 6.03. The third-order valence-corrected chi connectivity index (χ3v) is 4.31. The summed E-state index contributed by atoms with van der Waals surface area (Å²) in [6.07, 6.45) is 0.272. The Labute approximate surface area is 131 Å². The number of hydrogen-bond acceptors (Lipinski definition) is 1. The van der Waals surface area contributed by atoms with E-state index in [0.29, 0.717) is 20.1 Å². The Morgan fingerprint density at radius 1 is 0.895 bits per heavy atom. The van der Waals surface area contributed by atoms with Crippen molar-refractivity contribution in [1.29, 1.82) is 5.26 Å². The Morgan fingerprint density at radius 2 is 1.63 bits per heavy atom. The smallest absolute Gasteiger partial charge is 0.0784 e. The molecule has 0 aliphatic rings. The lowest BCUT2D eigenvalue weighted by Crippen LogP contribution is -1.87. The zero-order chi connectivity index (χ0) is 14.0. The number of halogens is 4. The SMILES string of the molecule is N#CCc1ccc(-c2ccc(Cl)c(Cl)c2Cl)cc1Cl. The van der Waals surface area contributed by atoms with Gasteiger partial charge in [-0.25, -0.2) is 0 Å². The van der Waals surface area contributed by atoms with Gasteiger partial charge in [-0.05, 0) is 23.3 Å². The van der Waals surface area contributed by atoms with Gasteiger partial charge in [0.1, 0.15) is 0 Å². The standard InChI is InChI=1S/C14H7Cl4N/c15-11-4-3-10(13(17)14(11)18)9-2-1-8(5-6-19)12(16)7-9/h1-4,7H,5H2. The van der Waals surface area contributed by atoms with Crippen molar-refractivity contribution < 1.29 is 0 Å². The van der Waals surface area contributed by atoms with Gasteiger partial charge in [0.25, 0.3) is 0 Å². The molecule has 0 N–H and O–H groups in total. The number of benzene rings is 2. The molecule has 2 aromatic carbocycles. The third kappa shape index (κ3) is 2.99. The highest BCUT2D eigenvalue weighted by Crippen LogP contribution is 2.38. The lowest BCUT2D eigenvalue weighted by molar-refractivity contribution is 1.26. The lowest BCUT2D eigenvalue weighted by atomic mass is 10.0. The van der Waals surface area contributed by atoms with Crippen LogP contribution in [-0.4, -0.2) is 0 Å². The molecule has 0 aromatic heterocycles. The molecule has 0 fully saturated rings. The van der Waals surface area contributed by atoms with Crippen molar-refractivity contribution in [2.75, 3.05) is 0 Å². The highest BCUT2D eigenvalue weighted by molar-refractivity contribution is 6.49. The second-order valence-corrected chi connectivity index (χ2v) is 5.43. The van der Waals surface area contributed by atoms with Gasteiger partial charge in [0.05, 0.1) is 27.6 Å². The number of nitriles is 1. The topological polar surface area (TPSA) is 23.8 Å². The number of hydrogen-bond donors (Lipinski definition) is 0. The molecule has 0 aliphatic carbocycles. The van der Waals surface area contributed by atoms with Gasteiger partial charge in [-0.2, -0.15) is 5.26 Å². The summed E-state index contributed by atoms with van der Waals surface area (Å²) in [5.74, 6) is 0. The summed E-state index contributed by atoms with van der Waals surface area (Å²) < 4.78 is 0. The van der Waals surface area contributed by atoms with E-state index in [-0.39, 0.29) is 6.42 Å². The zero-order valence-corrected chi connectivity index (χ0v) is 12.6. The van der Waals surface area contributed by atoms with Crippen LogP contribution >= 0.6 is 46.4 Å². The summed E-state index contributed by atoms with van der Waals surface area (Å²) >= 11 is 24.2. The maximum atomic E-state index is 8.68. The van der Waals surface area contributed by atoms with E-state index in [1.54, 1.807) is 24.3 Å². The fourth-order valence-corrected chi connectivity index (χ4v) is 2.58. The fourth-order valence-electron chi connectivity index (χ4n) is 1.69. The van der Waals surface area contributed by atoms with Crippen molar-refractivity contribution in [2.45, 2.75) is 6.42 Å². The predicted molar refractivity (Wildman–Crippen MR) is 81.2 cm³/mol. The normalized spacial score (nSPS) is 10.3. The molecular weight excluding hydrogens is 324 g/mol. The molecule has 0 heterocycles. The molecule has 1 nitrogen and oxygen atoms in total. The summed E-state index contributed by atoms with van der Waals surface area (Å²) in [5, 5.41) is 10.3. The van der Waals surface area contributed by atoms with Gasteiger partial charge < -0.3 is 0 Å². The van der Waals surface area contributed by atoms with Gasteiger partial charge in [-0.15, -0.1) is 0 Å². The molecule has 0 aliphatic heterocycles. The summed E-state index contributed by atoms with van der Waals surface area (Å²) in [7, 11) is 0. The average Bonchev–Trinajstić information content (AvgIpc) is 2.39. The minimum absolute atomic E-state index is 0.272. The van der Waals surface area contributed by atoms with Crippen LogP contribution in [0.3, 0.4) is 0 Å². The molecule has 0 saturated carbocycles. The summed E-state index contributed by atoms with van der Waals surface area (Å²) in [5.41, 5.74) is 2.36. The Bertz CT molecular complexity index is 674. The molecule has 0 atom stereocenters. The monoisotopic (exact) mass is 329 g/mol. The van der Waals surface area contributed by atoms with E-state index in [1.165, 1.54) is 0 Å². The molecule has 0 unspecified atom stereocenters. The first-order chi connectivity index (χ1) is 9.04. The molecule has 0 amide bonds. The molecular formula is C14H7Cl4N. The molecule has 2 rings (SSSR count). The van der Waals surface area contributed by atoms with Crippen LogP contribution in [-0.2, 0) is 6.42 Å². The largest absolute Gasteiger partial charge is 0.198 e. The Hall–Kier alpha value is -0.910. The van der Waals surface area contributed by atoms with Gasteiger partial charge in [0.2, 0.25) is 0 Å². The van der Waals surface area contributed by atoms with E-state index in [1.807, 2.05) is 6.07 Å². The van der Waals surface area contributed by atoms with Crippen LogP contribution in [0.15, 0.2) is 30.3 Å². The Kier molecular flexibility index (Phi) is 4.60. The Morgan fingerprint density at radius 3 is 2.26 bits per heavy atom. The van der Waals surface area contributed by atoms with Gasteiger partial charge in [0.15, 0.2) is 0 Å². The van der Waals surface area contributed by atoms with Gasteiger partial charge in [0, 0.05) is 10.6 Å².